The number of rotatable bonds is 5. The normalized spacial score (nSPS) is 18.3. The van der Waals surface area contributed by atoms with Gasteiger partial charge in [-0.05, 0) is 13.3 Å². The summed E-state index contributed by atoms with van der Waals surface area (Å²) in [6, 6.07) is 0. The number of methoxy groups -OCH3 is 1. The third kappa shape index (κ3) is 3.85. The van der Waals surface area contributed by atoms with E-state index in [0.29, 0.717) is 19.5 Å². The fraction of sp³-hybridized carbons (Fsp3) is 0.818. The van der Waals surface area contributed by atoms with E-state index in [1.165, 1.54) is 7.11 Å². The molecule has 0 spiro atoms. The molecule has 2 N–H and O–H groups in total. The highest BCUT2D eigenvalue weighted by Crippen LogP contribution is 2.16. The first-order valence-corrected chi connectivity index (χ1v) is 5.64. The maximum atomic E-state index is 11.8. The molecule has 1 aliphatic rings. The van der Waals surface area contributed by atoms with E-state index in [9.17, 15) is 9.59 Å². The molecule has 1 heterocycles. The fourth-order valence-electron chi connectivity index (χ4n) is 1.79. The largest absolute Gasteiger partial charge is 0.467 e. The minimum Gasteiger partial charge on any atom is -0.467 e. The van der Waals surface area contributed by atoms with E-state index in [0.717, 1.165) is 6.42 Å². The van der Waals surface area contributed by atoms with E-state index in [1.807, 2.05) is 6.92 Å². The van der Waals surface area contributed by atoms with E-state index < -0.39 is 5.54 Å². The molecule has 5 nitrogen and oxygen atoms in total. The van der Waals surface area contributed by atoms with Crippen LogP contribution >= 0.6 is 12.4 Å². The summed E-state index contributed by atoms with van der Waals surface area (Å²) < 4.78 is 4.73. The second-order valence-corrected chi connectivity index (χ2v) is 4.42. The van der Waals surface area contributed by atoms with Crippen LogP contribution in [0.4, 0.5) is 0 Å². The number of carbonyl (C=O) groups is 2. The van der Waals surface area contributed by atoms with Crippen LogP contribution in [-0.4, -0.2) is 37.6 Å². The lowest BCUT2D eigenvalue weighted by atomic mass is 9.93. The minimum absolute atomic E-state index is 0. The Morgan fingerprint density at radius 2 is 2.06 bits per heavy atom. The summed E-state index contributed by atoms with van der Waals surface area (Å²) in [7, 11) is 1.34. The van der Waals surface area contributed by atoms with Crippen molar-refractivity contribution in [3.63, 3.8) is 0 Å². The Bertz CT molecular complexity index is 282. The van der Waals surface area contributed by atoms with Crippen LogP contribution in [0.25, 0.3) is 0 Å². The van der Waals surface area contributed by atoms with Crippen LogP contribution in [0.3, 0.4) is 0 Å². The van der Waals surface area contributed by atoms with Crippen molar-refractivity contribution in [1.82, 2.24) is 10.6 Å². The van der Waals surface area contributed by atoms with Gasteiger partial charge in [-0.25, -0.2) is 4.79 Å². The first-order valence-electron chi connectivity index (χ1n) is 5.64. The summed E-state index contributed by atoms with van der Waals surface area (Å²) in [5.41, 5.74) is -0.893. The zero-order chi connectivity index (χ0) is 12.2. The number of halogens is 1. The zero-order valence-corrected chi connectivity index (χ0v) is 11.4. The van der Waals surface area contributed by atoms with E-state index in [4.69, 9.17) is 4.74 Å². The van der Waals surface area contributed by atoms with Crippen molar-refractivity contribution >= 4 is 24.3 Å². The van der Waals surface area contributed by atoms with Crippen molar-refractivity contribution in [3.05, 3.63) is 0 Å². The molecule has 17 heavy (non-hydrogen) atoms. The lowest BCUT2D eigenvalue weighted by Crippen LogP contribution is -2.59. The standard InChI is InChI=1S/C11H20N2O3.ClH/c1-4-5-11(2,10(15)16-3)13-9(14)8-6-12-7-8;/h8,12H,4-7H2,1-3H3,(H,13,14);1H. The van der Waals surface area contributed by atoms with E-state index in [1.54, 1.807) is 6.92 Å². The average Bonchev–Trinajstić information content (AvgIpc) is 2.13. The molecule has 1 atom stereocenters. The Kier molecular flexibility index (Phi) is 6.49. The molecule has 0 aromatic heterocycles. The highest BCUT2D eigenvalue weighted by molar-refractivity contribution is 5.89. The van der Waals surface area contributed by atoms with Crippen molar-refractivity contribution in [1.29, 1.82) is 0 Å². The first-order chi connectivity index (χ1) is 7.53. The van der Waals surface area contributed by atoms with Gasteiger partial charge in [0, 0.05) is 13.1 Å². The van der Waals surface area contributed by atoms with Crippen molar-refractivity contribution in [3.8, 4) is 0 Å². The Balaban J connectivity index is 0.00000256. The SMILES string of the molecule is CCCC(C)(NC(=O)C1CNC1)C(=O)OC.Cl. The molecule has 0 radical (unpaired) electrons. The van der Waals surface area contributed by atoms with Gasteiger partial charge in [-0.3, -0.25) is 4.79 Å². The molecular formula is C11H21ClN2O3. The Morgan fingerprint density at radius 1 is 1.47 bits per heavy atom. The number of hydrogen-bond donors (Lipinski definition) is 2. The van der Waals surface area contributed by atoms with Gasteiger partial charge in [0.2, 0.25) is 5.91 Å². The summed E-state index contributed by atoms with van der Waals surface area (Å²) in [5.74, 6) is -0.462. The second-order valence-electron chi connectivity index (χ2n) is 4.42. The molecule has 0 bridgehead atoms. The zero-order valence-electron chi connectivity index (χ0n) is 10.5. The number of ether oxygens (including phenoxy) is 1. The van der Waals surface area contributed by atoms with Gasteiger partial charge in [0.25, 0.3) is 0 Å². The molecule has 1 amide bonds. The highest BCUT2D eigenvalue weighted by Gasteiger charge is 2.37. The Morgan fingerprint density at radius 3 is 2.41 bits per heavy atom. The van der Waals surface area contributed by atoms with Crippen LogP contribution in [0.15, 0.2) is 0 Å². The molecule has 1 aliphatic heterocycles. The van der Waals surface area contributed by atoms with Crippen molar-refractivity contribution in [2.45, 2.75) is 32.2 Å². The number of esters is 1. The summed E-state index contributed by atoms with van der Waals surface area (Å²) in [5, 5.41) is 5.82. The van der Waals surface area contributed by atoms with Gasteiger partial charge in [0.05, 0.1) is 13.0 Å². The van der Waals surface area contributed by atoms with Gasteiger partial charge in [-0.1, -0.05) is 13.3 Å². The summed E-state index contributed by atoms with van der Waals surface area (Å²) in [6.07, 6.45) is 1.40. The van der Waals surface area contributed by atoms with Crippen molar-refractivity contribution in [2.24, 2.45) is 5.92 Å². The smallest absolute Gasteiger partial charge is 0.331 e. The van der Waals surface area contributed by atoms with Gasteiger partial charge in [-0.15, -0.1) is 12.4 Å². The number of amides is 1. The van der Waals surface area contributed by atoms with Gasteiger partial charge < -0.3 is 15.4 Å². The molecule has 0 aromatic rings. The third-order valence-corrected chi connectivity index (χ3v) is 2.94. The molecule has 1 fully saturated rings. The monoisotopic (exact) mass is 264 g/mol. The summed E-state index contributed by atoms with van der Waals surface area (Å²) in [4.78, 5) is 23.4. The quantitative estimate of drug-likeness (QED) is 0.709. The van der Waals surface area contributed by atoms with Crippen molar-refractivity contribution in [2.75, 3.05) is 20.2 Å². The first kappa shape index (κ1) is 16.2. The molecule has 1 unspecified atom stereocenters. The maximum absolute atomic E-state index is 11.8. The lowest BCUT2D eigenvalue weighted by molar-refractivity contribution is -0.151. The number of carbonyl (C=O) groups excluding carboxylic acids is 2. The van der Waals surface area contributed by atoms with E-state index >= 15 is 0 Å². The topological polar surface area (TPSA) is 67.4 Å². The average molecular weight is 265 g/mol. The molecule has 6 heteroatoms. The molecule has 0 saturated carbocycles. The number of nitrogens with one attached hydrogen (secondary N) is 2. The van der Waals surface area contributed by atoms with Crippen LogP contribution < -0.4 is 10.6 Å². The molecule has 1 rings (SSSR count). The predicted octanol–water partition coefficient (Wildman–Crippen LogP) is 0.476. The molecule has 1 saturated heterocycles. The van der Waals surface area contributed by atoms with E-state index in [2.05, 4.69) is 10.6 Å². The van der Waals surface area contributed by atoms with Gasteiger partial charge in [0.1, 0.15) is 5.54 Å². The maximum Gasteiger partial charge on any atom is 0.331 e. The fourth-order valence-corrected chi connectivity index (χ4v) is 1.79. The van der Waals surface area contributed by atoms with Crippen LogP contribution in [0.1, 0.15) is 26.7 Å². The van der Waals surface area contributed by atoms with Crippen molar-refractivity contribution < 1.29 is 14.3 Å². The van der Waals surface area contributed by atoms with E-state index in [-0.39, 0.29) is 30.2 Å². The predicted molar refractivity (Wildman–Crippen MR) is 67.1 cm³/mol. The molecular weight excluding hydrogens is 244 g/mol. The van der Waals surface area contributed by atoms with Crippen LogP contribution in [0.2, 0.25) is 0 Å². The van der Waals surface area contributed by atoms with Gasteiger partial charge in [0.15, 0.2) is 0 Å². The number of hydrogen-bond acceptors (Lipinski definition) is 4. The summed E-state index contributed by atoms with van der Waals surface area (Å²) >= 11 is 0. The minimum atomic E-state index is -0.893. The molecule has 0 aliphatic carbocycles. The third-order valence-electron chi connectivity index (χ3n) is 2.94. The molecule has 100 valence electrons. The van der Waals surface area contributed by atoms with Crippen LogP contribution in [0, 0.1) is 5.92 Å². The highest BCUT2D eigenvalue weighted by atomic mass is 35.5. The lowest BCUT2D eigenvalue weighted by Gasteiger charge is -2.32. The van der Waals surface area contributed by atoms with Crippen LogP contribution in [0.5, 0.6) is 0 Å². The Hall–Kier alpha value is -0.810. The second kappa shape index (κ2) is 6.81. The summed E-state index contributed by atoms with van der Waals surface area (Å²) in [6.45, 7) is 5.06. The Labute approximate surface area is 108 Å². The van der Waals surface area contributed by atoms with Crippen LogP contribution in [-0.2, 0) is 14.3 Å². The van der Waals surface area contributed by atoms with Gasteiger partial charge >= 0.3 is 5.97 Å². The molecule has 0 aromatic carbocycles. The van der Waals surface area contributed by atoms with Gasteiger partial charge in [-0.2, -0.15) is 0 Å².